The molecule has 9 heteroatoms. The number of aromatic nitrogens is 3. The van der Waals surface area contributed by atoms with Crippen LogP contribution >= 0.6 is 11.8 Å². The highest BCUT2D eigenvalue weighted by Gasteiger charge is 2.46. The molecule has 158 valence electrons. The average molecular weight is 435 g/mol. The number of carbonyl (C=O) groups excluding carboxylic acids is 1. The molecule has 0 saturated carbocycles. The topological polar surface area (TPSA) is 78.8 Å². The average Bonchev–Trinajstić information content (AvgIpc) is 3.40. The zero-order valence-corrected chi connectivity index (χ0v) is 17.9. The molecule has 2 atom stereocenters. The van der Waals surface area contributed by atoms with Crippen LogP contribution in [0.5, 0.6) is 0 Å². The Kier molecular flexibility index (Phi) is 4.48. The number of amides is 1. The number of anilines is 1. The molecule has 8 nitrogen and oxygen atoms in total. The molecule has 0 radical (unpaired) electrons. The van der Waals surface area contributed by atoms with E-state index in [1.807, 2.05) is 22.8 Å². The standard InChI is InChI=1S/C22H22N6O2S/c1-26-8-10-27(11-9-26)15-3-5-16(6-4-15)28-13-23-17-7-2-14(24-19(17)28)12-18-20(29)25-21-22(30-21)31-18/h2-7,12-13,21-22H,8-11H2,1H3,(H,25,29)/b18-12-. The number of rotatable bonds is 3. The smallest absolute Gasteiger partial charge is 0.259 e. The van der Waals surface area contributed by atoms with Gasteiger partial charge in [-0.2, -0.15) is 0 Å². The van der Waals surface area contributed by atoms with Crippen molar-refractivity contribution in [2.45, 2.75) is 11.7 Å². The molecule has 5 heterocycles. The minimum absolute atomic E-state index is 0.0250. The Morgan fingerprint density at radius 2 is 1.87 bits per heavy atom. The number of piperazine rings is 1. The van der Waals surface area contributed by atoms with Crippen molar-refractivity contribution in [1.29, 1.82) is 0 Å². The number of pyridine rings is 1. The van der Waals surface area contributed by atoms with Crippen molar-refractivity contribution in [3.8, 4) is 5.69 Å². The van der Waals surface area contributed by atoms with Crippen molar-refractivity contribution in [1.82, 2.24) is 24.8 Å². The molecule has 0 aliphatic carbocycles. The highest BCUT2D eigenvalue weighted by molar-refractivity contribution is 8.05. The van der Waals surface area contributed by atoms with E-state index < -0.39 is 0 Å². The van der Waals surface area contributed by atoms with E-state index in [0.717, 1.165) is 48.7 Å². The quantitative estimate of drug-likeness (QED) is 0.499. The summed E-state index contributed by atoms with van der Waals surface area (Å²) in [5.41, 5.74) is 4.58. The lowest BCUT2D eigenvalue weighted by molar-refractivity contribution is -0.117. The van der Waals surface area contributed by atoms with Gasteiger partial charge in [0, 0.05) is 37.6 Å². The van der Waals surface area contributed by atoms with E-state index in [1.165, 1.54) is 17.4 Å². The first-order chi connectivity index (χ1) is 15.1. The molecule has 6 rings (SSSR count). The van der Waals surface area contributed by atoms with E-state index in [9.17, 15) is 4.79 Å². The zero-order valence-electron chi connectivity index (χ0n) is 17.1. The minimum atomic E-state index is -0.139. The Balaban J connectivity index is 1.28. The molecule has 0 bridgehead atoms. The molecule has 3 saturated heterocycles. The number of nitrogens with zero attached hydrogens (tertiary/aromatic N) is 5. The van der Waals surface area contributed by atoms with Gasteiger partial charge in [0.25, 0.3) is 5.91 Å². The van der Waals surface area contributed by atoms with Gasteiger partial charge >= 0.3 is 0 Å². The molecule has 3 aliphatic rings. The second kappa shape index (κ2) is 7.37. The molecule has 1 amide bonds. The third-order valence-electron chi connectivity index (χ3n) is 5.88. The van der Waals surface area contributed by atoms with Crippen LogP contribution in [-0.4, -0.2) is 70.2 Å². The van der Waals surface area contributed by atoms with Gasteiger partial charge in [0.15, 0.2) is 17.3 Å². The maximum atomic E-state index is 12.2. The van der Waals surface area contributed by atoms with E-state index in [4.69, 9.17) is 9.72 Å². The summed E-state index contributed by atoms with van der Waals surface area (Å²) in [4.78, 5) is 26.8. The predicted octanol–water partition coefficient (Wildman–Crippen LogP) is 2.06. The third kappa shape index (κ3) is 3.58. The number of epoxide rings is 1. The van der Waals surface area contributed by atoms with Gasteiger partial charge in [-0.3, -0.25) is 9.36 Å². The van der Waals surface area contributed by atoms with Crippen molar-refractivity contribution in [2.24, 2.45) is 0 Å². The lowest BCUT2D eigenvalue weighted by Gasteiger charge is -2.34. The molecule has 1 N–H and O–H groups in total. The number of nitrogens with one attached hydrogen (secondary N) is 1. The van der Waals surface area contributed by atoms with Crippen LogP contribution in [-0.2, 0) is 9.53 Å². The molecule has 31 heavy (non-hydrogen) atoms. The molecule has 2 unspecified atom stereocenters. The van der Waals surface area contributed by atoms with E-state index in [2.05, 4.69) is 51.4 Å². The largest absolute Gasteiger partial charge is 0.369 e. The summed E-state index contributed by atoms with van der Waals surface area (Å²) in [6, 6.07) is 12.4. The fourth-order valence-electron chi connectivity index (χ4n) is 3.97. The maximum Gasteiger partial charge on any atom is 0.259 e. The first kappa shape index (κ1) is 18.9. The first-order valence-electron chi connectivity index (χ1n) is 10.4. The summed E-state index contributed by atoms with van der Waals surface area (Å²) in [5.74, 6) is -0.112. The number of fused-ring (bicyclic) bond motifs is 2. The lowest BCUT2D eigenvalue weighted by atomic mass is 10.2. The van der Waals surface area contributed by atoms with Gasteiger partial charge < -0.3 is 19.9 Å². The molecule has 2 aromatic heterocycles. The van der Waals surface area contributed by atoms with E-state index in [1.54, 1.807) is 6.33 Å². The summed E-state index contributed by atoms with van der Waals surface area (Å²) in [6.07, 6.45) is 3.47. The summed E-state index contributed by atoms with van der Waals surface area (Å²) >= 11 is 1.44. The summed E-state index contributed by atoms with van der Waals surface area (Å²) in [6.45, 7) is 4.25. The summed E-state index contributed by atoms with van der Waals surface area (Å²) in [5, 5.41) is 2.83. The number of thioether (sulfide) groups is 1. The Morgan fingerprint density at radius 1 is 1.10 bits per heavy atom. The van der Waals surface area contributed by atoms with Crippen molar-refractivity contribution in [2.75, 3.05) is 38.1 Å². The Bertz CT molecular complexity index is 1180. The van der Waals surface area contributed by atoms with Crippen LogP contribution in [0.3, 0.4) is 0 Å². The van der Waals surface area contributed by atoms with Crippen LogP contribution < -0.4 is 10.2 Å². The normalized spacial score (nSPS) is 25.0. The van der Waals surface area contributed by atoms with Crippen molar-refractivity contribution in [3.63, 3.8) is 0 Å². The highest BCUT2D eigenvalue weighted by atomic mass is 32.2. The second-order valence-corrected chi connectivity index (χ2v) is 9.17. The summed E-state index contributed by atoms with van der Waals surface area (Å²) < 4.78 is 7.34. The number of ether oxygens (including phenoxy) is 1. The fourth-order valence-corrected chi connectivity index (χ4v) is 4.94. The van der Waals surface area contributed by atoms with Crippen molar-refractivity contribution >= 4 is 40.6 Å². The van der Waals surface area contributed by atoms with Gasteiger partial charge in [0.1, 0.15) is 11.8 Å². The van der Waals surface area contributed by atoms with E-state index in [0.29, 0.717) is 4.91 Å². The van der Waals surface area contributed by atoms with Gasteiger partial charge in [-0.25, -0.2) is 9.97 Å². The zero-order chi connectivity index (χ0) is 20.9. The number of benzene rings is 1. The van der Waals surface area contributed by atoms with Crippen LogP contribution in [0.25, 0.3) is 22.9 Å². The van der Waals surface area contributed by atoms with Crippen LogP contribution in [0.4, 0.5) is 5.69 Å². The van der Waals surface area contributed by atoms with Crippen LogP contribution in [0.1, 0.15) is 5.69 Å². The second-order valence-electron chi connectivity index (χ2n) is 8.03. The third-order valence-corrected chi connectivity index (χ3v) is 7.03. The monoisotopic (exact) mass is 434 g/mol. The molecule has 3 aliphatic heterocycles. The molecule has 3 fully saturated rings. The molecular formula is C22H22N6O2S. The first-order valence-corrected chi connectivity index (χ1v) is 11.2. The highest BCUT2D eigenvalue weighted by Crippen LogP contribution is 2.41. The van der Waals surface area contributed by atoms with Crippen LogP contribution in [0.2, 0.25) is 0 Å². The lowest BCUT2D eigenvalue weighted by Crippen LogP contribution is -2.44. The summed E-state index contributed by atoms with van der Waals surface area (Å²) in [7, 11) is 2.16. The number of imidazole rings is 1. The number of likely N-dealkylation sites (N-methyl/N-ethyl adjacent to an activating group) is 1. The number of hydrogen-bond acceptors (Lipinski definition) is 7. The van der Waals surface area contributed by atoms with Crippen LogP contribution in [0.15, 0.2) is 47.6 Å². The Hall–Kier alpha value is -2.88. The Labute approximate surface area is 183 Å². The minimum Gasteiger partial charge on any atom is -0.369 e. The van der Waals surface area contributed by atoms with E-state index in [-0.39, 0.29) is 17.6 Å². The van der Waals surface area contributed by atoms with Gasteiger partial charge in [-0.15, -0.1) is 0 Å². The Morgan fingerprint density at radius 3 is 2.68 bits per heavy atom. The number of carbonyl (C=O) groups is 1. The van der Waals surface area contributed by atoms with Gasteiger partial charge in [0.05, 0.1) is 10.6 Å². The predicted molar refractivity (Wildman–Crippen MR) is 121 cm³/mol. The van der Waals surface area contributed by atoms with Crippen molar-refractivity contribution in [3.05, 3.63) is 53.3 Å². The molecule has 0 spiro atoms. The van der Waals surface area contributed by atoms with Gasteiger partial charge in [0.2, 0.25) is 0 Å². The SMILES string of the molecule is CN1CCN(c2ccc(-n3cnc4ccc(/C=C5\SC6OC6NC5=O)nc43)cc2)CC1. The molecule has 1 aromatic carbocycles. The number of hydrogen-bond donors (Lipinski definition) is 1. The van der Waals surface area contributed by atoms with E-state index >= 15 is 0 Å². The van der Waals surface area contributed by atoms with Crippen LogP contribution in [0, 0.1) is 0 Å². The maximum absolute atomic E-state index is 12.2. The van der Waals surface area contributed by atoms with Crippen molar-refractivity contribution < 1.29 is 9.53 Å². The van der Waals surface area contributed by atoms with Gasteiger partial charge in [-0.1, -0.05) is 11.8 Å². The molecule has 3 aromatic rings. The molecular weight excluding hydrogens is 412 g/mol. The van der Waals surface area contributed by atoms with Gasteiger partial charge in [-0.05, 0) is 49.5 Å². The fraction of sp³-hybridized carbons (Fsp3) is 0.318.